The second kappa shape index (κ2) is 4.72. The fourth-order valence-electron chi connectivity index (χ4n) is 1.99. The third-order valence-corrected chi connectivity index (χ3v) is 3.68. The van der Waals surface area contributed by atoms with Gasteiger partial charge in [-0.05, 0) is 30.3 Å². The van der Waals surface area contributed by atoms with Crippen molar-refractivity contribution in [1.29, 1.82) is 0 Å². The maximum absolute atomic E-state index is 13.2. The van der Waals surface area contributed by atoms with Crippen LogP contribution in [0.3, 0.4) is 0 Å². The lowest BCUT2D eigenvalue weighted by Gasteiger charge is -2.00. The zero-order chi connectivity index (χ0) is 14.4. The minimum atomic E-state index is -1.49. The Morgan fingerprint density at radius 3 is 2.05 bits per heavy atom. The van der Waals surface area contributed by atoms with Crippen LogP contribution in [-0.4, -0.2) is 4.98 Å². The molecule has 1 heterocycles. The van der Waals surface area contributed by atoms with Gasteiger partial charge in [-0.3, -0.25) is 0 Å². The van der Waals surface area contributed by atoms with Crippen molar-refractivity contribution in [3.63, 3.8) is 0 Å². The molecule has 6 heteroatoms. The minimum absolute atomic E-state index is 0.199. The van der Waals surface area contributed by atoms with Crippen LogP contribution in [0.25, 0.3) is 22.2 Å². The molecular weight excluding hydrogens is 310 g/mol. The fourth-order valence-corrected chi connectivity index (χ4v) is 2.33. The largest absolute Gasteiger partial charge is 0.354 e. The summed E-state index contributed by atoms with van der Waals surface area (Å²) in [5.41, 5.74) is 1.31. The van der Waals surface area contributed by atoms with Crippen LogP contribution >= 0.6 is 23.2 Å². The van der Waals surface area contributed by atoms with Crippen LogP contribution in [0.1, 0.15) is 0 Å². The Hall–Kier alpha value is -1.65. The lowest BCUT2D eigenvalue weighted by molar-refractivity contribution is 0.447. The molecule has 0 radical (unpaired) electrons. The number of hydrogen-bond donors (Lipinski definition) is 1. The molecule has 3 rings (SSSR count). The van der Waals surface area contributed by atoms with Crippen molar-refractivity contribution in [2.75, 3.05) is 0 Å². The van der Waals surface area contributed by atoms with Gasteiger partial charge in [-0.25, -0.2) is 13.2 Å². The van der Waals surface area contributed by atoms with Gasteiger partial charge in [-0.1, -0.05) is 23.2 Å². The summed E-state index contributed by atoms with van der Waals surface area (Å²) in [6.07, 6.45) is 0. The molecule has 0 saturated carbocycles. The molecule has 0 saturated heterocycles. The highest BCUT2D eigenvalue weighted by Gasteiger charge is 2.13. The predicted molar refractivity (Wildman–Crippen MR) is 73.6 cm³/mol. The molecule has 1 nitrogen and oxygen atoms in total. The maximum atomic E-state index is 13.2. The van der Waals surface area contributed by atoms with Gasteiger partial charge in [0.2, 0.25) is 0 Å². The van der Waals surface area contributed by atoms with E-state index in [1.54, 1.807) is 18.2 Å². The van der Waals surface area contributed by atoms with Crippen molar-refractivity contribution < 1.29 is 13.2 Å². The van der Waals surface area contributed by atoms with Crippen molar-refractivity contribution in [2.45, 2.75) is 0 Å². The second-order valence-electron chi connectivity index (χ2n) is 4.29. The zero-order valence-corrected chi connectivity index (χ0v) is 11.3. The Labute approximate surface area is 121 Å². The molecule has 3 aromatic rings. The monoisotopic (exact) mass is 315 g/mol. The van der Waals surface area contributed by atoms with E-state index in [0.717, 1.165) is 17.5 Å². The summed E-state index contributed by atoms with van der Waals surface area (Å²) in [7, 11) is 0. The van der Waals surface area contributed by atoms with Gasteiger partial charge < -0.3 is 4.98 Å². The van der Waals surface area contributed by atoms with Crippen molar-refractivity contribution in [1.82, 2.24) is 4.98 Å². The Morgan fingerprint density at radius 1 is 0.800 bits per heavy atom. The summed E-state index contributed by atoms with van der Waals surface area (Å²) in [6, 6.07) is 6.75. The van der Waals surface area contributed by atoms with Crippen LogP contribution in [0.4, 0.5) is 13.2 Å². The van der Waals surface area contributed by atoms with Crippen molar-refractivity contribution in [2.24, 2.45) is 0 Å². The lowest BCUT2D eigenvalue weighted by atomic mass is 10.1. The number of fused-ring (bicyclic) bond motifs is 1. The molecule has 0 aliphatic carbocycles. The molecule has 0 spiro atoms. The number of aromatic nitrogens is 1. The first-order valence-corrected chi connectivity index (χ1v) is 6.34. The number of rotatable bonds is 1. The molecule has 0 unspecified atom stereocenters. The lowest BCUT2D eigenvalue weighted by Crippen LogP contribution is -1.91. The van der Waals surface area contributed by atoms with Crippen LogP contribution in [0, 0.1) is 17.5 Å². The summed E-state index contributed by atoms with van der Waals surface area (Å²) < 4.78 is 39.4. The highest BCUT2D eigenvalue weighted by Crippen LogP contribution is 2.31. The average molecular weight is 316 g/mol. The summed E-state index contributed by atoms with van der Waals surface area (Å²) in [6.45, 7) is 0. The number of aromatic amines is 1. The topological polar surface area (TPSA) is 15.8 Å². The van der Waals surface area contributed by atoms with E-state index in [1.807, 2.05) is 0 Å². The van der Waals surface area contributed by atoms with E-state index in [1.165, 1.54) is 0 Å². The number of H-pyrrole nitrogens is 1. The van der Waals surface area contributed by atoms with Gasteiger partial charge in [-0.15, -0.1) is 0 Å². The normalized spacial score (nSPS) is 11.2. The van der Waals surface area contributed by atoms with Crippen molar-refractivity contribution >= 4 is 34.1 Å². The molecule has 2 aromatic carbocycles. The fraction of sp³-hybridized carbons (Fsp3) is 0. The maximum Gasteiger partial charge on any atom is 0.194 e. The van der Waals surface area contributed by atoms with Crippen LogP contribution in [0.2, 0.25) is 10.0 Å². The first-order valence-electron chi connectivity index (χ1n) is 5.58. The van der Waals surface area contributed by atoms with Gasteiger partial charge in [0.25, 0.3) is 0 Å². The van der Waals surface area contributed by atoms with E-state index in [0.29, 0.717) is 21.3 Å². The summed E-state index contributed by atoms with van der Waals surface area (Å²) in [4.78, 5) is 2.95. The molecular formula is C14H6Cl2F3N. The predicted octanol–water partition coefficient (Wildman–Crippen LogP) is 5.56. The third kappa shape index (κ3) is 2.15. The highest BCUT2D eigenvalue weighted by atomic mass is 35.5. The van der Waals surface area contributed by atoms with Gasteiger partial charge in [-0.2, -0.15) is 0 Å². The van der Waals surface area contributed by atoms with Gasteiger partial charge in [0.05, 0.1) is 10.0 Å². The molecule has 1 N–H and O–H groups in total. The van der Waals surface area contributed by atoms with Crippen LogP contribution < -0.4 is 0 Å². The van der Waals surface area contributed by atoms with Crippen LogP contribution in [-0.2, 0) is 0 Å². The smallest absolute Gasteiger partial charge is 0.194 e. The number of halogens is 5. The van der Waals surface area contributed by atoms with Gasteiger partial charge >= 0.3 is 0 Å². The van der Waals surface area contributed by atoms with Gasteiger partial charge in [0, 0.05) is 22.2 Å². The van der Waals surface area contributed by atoms with E-state index in [9.17, 15) is 13.2 Å². The molecule has 0 atom stereocenters. The Kier molecular flexibility index (Phi) is 3.15. The first kappa shape index (κ1) is 13.3. The van der Waals surface area contributed by atoms with Gasteiger partial charge in [0.15, 0.2) is 17.5 Å². The standard InChI is InChI=1S/C14H6Cl2F3N/c15-8-1-6-4-12(20-13(6)5-9(8)16)7-2-10(17)14(19)11(18)3-7/h1-5,20H. The van der Waals surface area contributed by atoms with Crippen molar-refractivity contribution in [3.05, 3.63) is 57.8 Å². The first-order chi connectivity index (χ1) is 9.45. The Balaban J connectivity index is 2.20. The molecule has 0 aliphatic rings. The van der Waals surface area contributed by atoms with Crippen LogP contribution in [0.15, 0.2) is 30.3 Å². The molecule has 0 fully saturated rings. The van der Waals surface area contributed by atoms with E-state index < -0.39 is 17.5 Å². The molecule has 0 bridgehead atoms. The van der Waals surface area contributed by atoms with Gasteiger partial charge in [0.1, 0.15) is 0 Å². The molecule has 20 heavy (non-hydrogen) atoms. The Morgan fingerprint density at radius 2 is 1.40 bits per heavy atom. The molecule has 0 aliphatic heterocycles. The van der Waals surface area contributed by atoms with Crippen LogP contribution in [0.5, 0.6) is 0 Å². The van der Waals surface area contributed by atoms with E-state index >= 15 is 0 Å². The van der Waals surface area contributed by atoms with Crippen molar-refractivity contribution in [3.8, 4) is 11.3 Å². The molecule has 0 amide bonds. The number of hydrogen-bond acceptors (Lipinski definition) is 0. The summed E-state index contributed by atoms with van der Waals surface area (Å²) in [5, 5.41) is 1.48. The third-order valence-electron chi connectivity index (χ3n) is 2.96. The summed E-state index contributed by atoms with van der Waals surface area (Å²) >= 11 is 11.8. The molecule has 102 valence electrons. The highest BCUT2D eigenvalue weighted by molar-refractivity contribution is 6.42. The SMILES string of the molecule is Fc1cc(-c2cc3cc(Cl)c(Cl)cc3[nH]2)cc(F)c1F. The summed E-state index contributed by atoms with van der Waals surface area (Å²) in [5.74, 6) is -3.97. The molecule has 1 aromatic heterocycles. The van der Waals surface area contributed by atoms with E-state index in [4.69, 9.17) is 23.2 Å². The number of nitrogens with one attached hydrogen (secondary N) is 1. The zero-order valence-electron chi connectivity index (χ0n) is 9.78. The van der Waals surface area contributed by atoms with E-state index in [2.05, 4.69) is 4.98 Å². The Bertz CT molecular complexity index is 765. The van der Waals surface area contributed by atoms with E-state index in [-0.39, 0.29) is 5.56 Å². The number of benzene rings is 2. The quantitative estimate of drug-likeness (QED) is 0.566. The minimum Gasteiger partial charge on any atom is -0.354 e. The second-order valence-corrected chi connectivity index (χ2v) is 5.10. The average Bonchev–Trinajstić information content (AvgIpc) is 2.79.